The Morgan fingerprint density at radius 3 is 2.85 bits per heavy atom. The molecule has 0 amide bonds. The molecule has 0 aromatic carbocycles. The number of nitrogens with one attached hydrogen (secondary N) is 1. The fourth-order valence-electron chi connectivity index (χ4n) is 3.71. The standard InChI is InChI=1S/C21H24N4OS/c1-2-3-13-25-20(19(23-21(25)27)17-9-4-5-11-22-17)18-10-6-12-24(18)15-16-8-7-14-26-16/h4-12,14,19-20H,2-3,13,15H2,1H3,(H,23,27)/t19-,20-/m0/s1. The van der Waals surface area contributed by atoms with Gasteiger partial charge in [0.25, 0.3) is 0 Å². The first kappa shape index (κ1) is 17.8. The molecule has 140 valence electrons. The van der Waals surface area contributed by atoms with Crippen LogP contribution < -0.4 is 5.32 Å². The van der Waals surface area contributed by atoms with Gasteiger partial charge in [-0.3, -0.25) is 4.98 Å². The first-order chi connectivity index (χ1) is 13.3. The summed E-state index contributed by atoms with van der Waals surface area (Å²) < 4.78 is 7.80. The molecule has 1 N–H and O–H groups in total. The van der Waals surface area contributed by atoms with Crippen molar-refractivity contribution in [2.45, 2.75) is 38.4 Å². The van der Waals surface area contributed by atoms with Crippen LogP contribution in [0, 0.1) is 0 Å². The number of nitrogens with zero attached hydrogens (tertiary/aromatic N) is 3. The summed E-state index contributed by atoms with van der Waals surface area (Å²) in [7, 11) is 0. The highest BCUT2D eigenvalue weighted by molar-refractivity contribution is 7.80. The van der Waals surface area contributed by atoms with E-state index >= 15 is 0 Å². The van der Waals surface area contributed by atoms with E-state index in [1.807, 2.05) is 30.5 Å². The number of unbranched alkanes of at least 4 members (excludes halogenated alkanes) is 1. The Morgan fingerprint density at radius 1 is 1.19 bits per heavy atom. The van der Waals surface area contributed by atoms with Crippen LogP contribution in [0.25, 0.3) is 0 Å². The summed E-state index contributed by atoms with van der Waals surface area (Å²) in [6, 6.07) is 14.4. The summed E-state index contributed by atoms with van der Waals surface area (Å²) in [6.45, 7) is 3.84. The first-order valence-electron chi connectivity index (χ1n) is 9.43. The van der Waals surface area contributed by atoms with Crippen LogP contribution in [0.2, 0.25) is 0 Å². The summed E-state index contributed by atoms with van der Waals surface area (Å²) in [6.07, 6.45) is 7.90. The van der Waals surface area contributed by atoms with Gasteiger partial charge >= 0.3 is 0 Å². The molecule has 1 saturated heterocycles. The molecule has 3 aromatic heterocycles. The quantitative estimate of drug-likeness (QED) is 0.619. The Bertz CT molecular complexity index is 875. The largest absolute Gasteiger partial charge is 0.467 e. The molecule has 0 saturated carbocycles. The van der Waals surface area contributed by atoms with Crippen LogP contribution in [0.5, 0.6) is 0 Å². The van der Waals surface area contributed by atoms with Crippen molar-refractivity contribution in [1.82, 2.24) is 19.8 Å². The highest BCUT2D eigenvalue weighted by Gasteiger charge is 2.40. The summed E-state index contributed by atoms with van der Waals surface area (Å²) >= 11 is 5.70. The Balaban J connectivity index is 1.71. The lowest BCUT2D eigenvalue weighted by molar-refractivity contribution is 0.299. The number of hydrogen-bond acceptors (Lipinski definition) is 3. The van der Waals surface area contributed by atoms with Gasteiger partial charge in [-0.1, -0.05) is 19.4 Å². The zero-order valence-electron chi connectivity index (χ0n) is 15.4. The van der Waals surface area contributed by atoms with Gasteiger partial charge in [0.2, 0.25) is 0 Å². The maximum atomic E-state index is 5.70. The molecule has 0 radical (unpaired) electrons. The van der Waals surface area contributed by atoms with Crippen molar-refractivity contribution in [1.29, 1.82) is 0 Å². The van der Waals surface area contributed by atoms with E-state index in [-0.39, 0.29) is 12.1 Å². The Hall–Kier alpha value is -2.60. The minimum absolute atomic E-state index is 0.0285. The summed E-state index contributed by atoms with van der Waals surface area (Å²) in [4.78, 5) is 6.91. The van der Waals surface area contributed by atoms with Crippen molar-refractivity contribution >= 4 is 17.3 Å². The Morgan fingerprint density at radius 2 is 2.11 bits per heavy atom. The van der Waals surface area contributed by atoms with Crippen molar-refractivity contribution in [3.8, 4) is 0 Å². The number of hydrogen-bond donors (Lipinski definition) is 1. The van der Waals surface area contributed by atoms with Gasteiger partial charge in [0, 0.05) is 24.6 Å². The predicted octanol–water partition coefficient (Wildman–Crippen LogP) is 4.30. The normalized spacial score (nSPS) is 19.4. The van der Waals surface area contributed by atoms with E-state index in [2.05, 4.69) is 51.1 Å². The third-order valence-corrected chi connectivity index (χ3v) is 5.38. The molecule has 1 aliphatic rings. The van der Waals surface area contributed by atoms with E-state index in [4.69, 9.17) is 16.6 Å². The van der Waals surface area contributed by atoms with Crippen molar-refractivity contribution in [3.05, 3.63) is 78.3 Å². The molecular weight excluding hydrogens is 356 g/mol. The van der Waals surface area contributed by atoms with Gasteiger partial charge in [-0.15, -0.1) is 0 Å². The molecule has 1 aliphatic heterocycles. The van der Waals surface area contributed by atoms with Gasteiger partial charge in [0.15, 0.2) is 5.11 Å². The molecule has 27 heavy (non-hydrogen) atoms. The average Bonchev–Trinajstić information content (AvgIpc) is 3.42. The highest BCUT2D eigenvalue weighted by atomic mass is 32.1. The molecule has 1 fully saturated rings. The first-order valence-corrected chi connectivity index (χ1v) is 9.84. The maximum Gasteiger partial charge on any atom is 0.170 e. The molecule has 5 nitrogen and oxygen atoms in total. The molecule has 0 bridgehead atoms. The van der Waals surface area contributed by atoms with Gasteiger partial charge in [-0.05, 0) is 55.0 Å². The van der Waals surface area contributed by atoms with E-state index in [1.165, 1.54) is 5.69 Å². The third kappa shape index (κ3) is 3.62. The van der Waals surface area contributed by atoms with Crippen LogP contribution in [0.1, 0.15) is 49.0 Å². The second-order valence-corrected chi connectivity index (χ2v) is 7.20. The number of aromatic nitrogens is 2. The molecular formula is C21H24N4OS. The van der Waals surface area contributed by atoms with Crippen LogP contribution in [0.4, 0.5) is 0 Å². The van der Waals surface area contributed by atoms with E-state index < -0.39 is 0 Å². The molecule has 2 atom stereocenters. The number of pyridine rings is 1. The molecule has 4 heterocycles. The minimum Gasteiger partial charge on any atom is -0.467 e. The van der Waals surface area contributed by atoms with Crippen LogP contribution in [0.15, 0.2) is 65.5 Å². The van der Waals surface area contributed by atoms with Gasteiger partial charge in [0.1, 0.15) is 5.76 Å². The smallest absolute Gasteiger partial charge is 0.170 e. The second-order valence-electron chi connectivity index (χ2n) is 6.81. The van der Waals surface area contributed by atoms with E-state index in [1.54, 1.807) is 6.26 Å². The minimum atomic E-state index is 0.0285. The van der Waals surface area contributed by atoms with Gasteiger partial charge in [-0.2, -0.15) is 0 Å². The van der Waals surface area contributed by atoms with Crippen molar-refractivity contribution < 1.29 is 4.42 Å². The predicted molar refractivity (Wildman–Crippen MR) is 109 cm³/mol. The molecule has 6 heteroatoms. The van der Waals surface area contributed by atoms with E-state index in [0.717, 1.165) is 36.0 Å². The number of rotatable bonds is 7. The van der Waals surface area contributed by atoms with Gasteiger partial charge < -0.3 is 19.2 Å². The van der Waals surface area contributed by atoms with E-state index in [9.17, 15) is 0 Å². The van der Waals surface area contributed by atoms with Crippen LogP contribution in [-0.4, -0.2) is 26.1 Å². The van der Waals surface area contributed by atoms with Crippen LogP contribution in [-0.2, 0) is 6.54 Å². The van der Waals surface area contributed by atoms with Crippen molar-refractivity contribution in [2.75, 3.05) is 6.54 Å². The Kier molecular flexibility index (Phi) is 5.25. The summed E-state index contributed by atoms with van der Waals surface area (Å²) in [5.74, 6) is 0.940. The SMILES string of the molecule is CCCCN1C(=S)N[C@@H](c2ccccn2)[C@@H]1c1cccn1Cc1ccco1. The lowest BCUT2D eigenvalue weighted by atomic mass is 10.0. The molecule has 0 unspecified atom stereocenters. The average molecular weight is 381 g/mol. The maximum absolute atomic E-state index is 5.70. The lowest BCUT2D eigenvalue weighted by Crippen LogP contribution is -2.31. The van der Waals surface area contributed by atoms with Gasteiger partial charge in [-0.25, -0.2) is 0 Å². The number of furan rings is 1. The zero-order chi connectivity index (χ0) is 18.6. The zero-order valence-corrected chi connectivity index (χ0v) is 16.2. The molecule has 3 aromatic rings. The summed E-state index contributed by atoms with van der Waals surface area (Å²) in [5.41, 5.74) is 2.22. The second kappa shape index (κ2) is 7.96. The molecule has 0 aliphatic carbocycles. The molecule has 4 rings (SSSR count). The lowest BCUT2D eigenvalue weighted by Gasteiger charge is -2.28. The fourth-order valence-corrected chi connectivity index (χ4v) is 4.04. The van der Waals surface area contributed by atoms with Crippen LogP contribution >= 0.6 is 12.2 Å². The Labute approximate surface area is 165 Å². The highest BCUT2D eigenvalue weighted by Crippen LogP contribution is 2.39. The summed E-state index contributed by atoms with van der Waals surface area (Å²) in [5, 5.41) is 4.31. The monoisotopic (exact) mass is 380 g/mol. The van der Waals surface area contributed by atoms with E-state index in [0.29, 0.717) is 6.54 Å². The fraction of sp³-hybridized carbons (Fsp3) is 0.333. The molecule has 0 spiro atoms. The van der Waals surface area contributed by atoms with Crippen molar-refractivity contribution in [3.63, 3.8) is 0 Å². The topological polar surface area (TPSA) is 46.2 Å². The van der Waals surface area contributed by atoms with Gasteiger partial charge in [0.05, 0.1) is 30.6 Å². The van der Waals surface area contributed by atoms with Crippen molar-refractivity contribution in [2.24, 2.45) is 0 Å². The number of thiocarbonyl (C=S) groups is 1. The third-order valence-electron chi connectivity index (χ3n) is 5.02. The van der Waals surface area contributed by atoms with Crippen LogP contribution in [0.3, 0.4) is 0 Å².